The van der Waals surface area contributed by atoms with Gasteiger partial charge in [0, 0.05) is 12.6 Å². The number of hydrogen-bond donors (Lipinski definition) is 1. The van der Waals surface area contributed by atoms with Crippen molar-refractivity contribution >= 4 is 0 Å². The first kappa shape index (κ1) is 8.55. The van der Waals surface area contributed by atoms with Crippen LogP contribution < -0.4 is 5.32 Å². The Kier molecular flexibility index (Phi) is 2.16. The van der Waals surface area contributed by atoms with Crippen molar-refractivity contribution in [2.24, 2.45) is 11.3 Å². The molecule has 0 spiro atoms. The lowest BCUT2D eigenvalue weighted by molar-refractivity contribution is 0.227. The van der Waals surface area contributed by atoms with Crippen molar-refractivity contribution in [2.45, 2.75) is 52.0 Å². The summed E-state index contributed by atoms with van der Waals surface area (Å²) in [5.41, 5.74) is 0.735. The monoisotopic (exact) mass is 167 g/mol. The van der Waals surface area contributed by atoms with Crippen LogP contribution in [0.3, 0.4) is 0 Å². The Balaban J connectivity index is 1.63. The van der Waals surface area contributed by atoms with Crippen molar-refractivity contribution in [3.63, 3.8) is 0 Å². The number of nitrogens with one attached hydrogen (secondary N) is 1. The van der Waals surface area contributed by atoms with Gasteiger partial charge in [-0.3, -0.25) is 0 Å². The van der Waals surface area contributed by atoms with E-state index in [0.717, 1.165) is 17.4 Å². The van der Waals surface area contributed by atoms with Gasteiger partial charge in [0.2, 0.25) is 0 Å². The highest BCUT2D eigenvalue weighted by atomic mass is 14.9. The van der Waals surface area contributed by atoms with Crippen LogP contribution in [0.15, 0.2) is 0 Å². The maximum atomic E-state index is 3.70. The minimum absolute atomic E-state index is 0.735. The fraction of sp³-hybridized carbons (Fsp3) is 1.00. The number of hydrogen-bond acceptors (Lipinski definition) is 1. The second kappa shape index (κ2) is 3.02. The van der Waals surface area contributed by atoms with Crippen LogP contribution in [0.2, 0.25) is 0 Å². The molecule has 12 heavy (non-hydrogen) atoms. The molecule has 0 heterocycles. The quantitative estimate of drug-likeness (QED) is 0.678. The van der Waals surface area contributed by atoms with Gasteiger partial charge in [0.05, 0.1) is 0 Å². The molecule has 70 valence electrons. The van der Waals surface area contributed by atoms with E-state index in [9.17, 15) is 0 Å². The Morgan fingerprint density at radius 1 is 1.33 bits per heavy atom. The van der Waals surface area contributed by atoms with Gasteiger partial charge in [0.15, 0.2) is 0 Å². The molecule has 0 radical (unpaired) electrons. The fourth-order valence-electron chi connectivity index (χ4n) is 2.26. The van der Waals surface area contributed by atoms with Gasteiger partial charge in [-0.25, -0.2) is 0 Å². The Morgan fingerprint density at radius 3 is 2.42 bits per heavy atom. The molecular formula is C11H21N. The molecule has 0 aromatic rings. The van der Waals surface area contributed by atoms with Gasteiger partial charge >= 0.3 is 0 Å². The molecule has 2 rings (SSSR count). The van der Waals surface area contributed by atoms with Crippen molar-refractivity contribution in [3.05, 3.63) is 0 Å². The van der Waals surface area contributed by atoms with Gasteiger partial charge in [-0.05, 0) is 43.4 Å². The minimum atomic E-state index is 0.735. The van der Waals surface area contributed by atoms with E-state index in [1.54, 1.807) is 0 Å². The average Bonchev–Trinajstić information content (AvgIpc) is 2.77. The van der Waals surface area contributed by atoms with Gasteiger partial charge in [0.1, 0.15) is 0 Å². The highest BCUT2D eigenvalue weighted by Gasteiger charge is 2.41. The average molecular weight is 167 g/mol. The molecule has 1 nitrogen and oxygen atoms in total. The van der Waals surface area contributed by atoms with Crippen LogP contribution in [0.25, 0.3) is 0 Å². The lowest BCUT2D eigenvalue weighted by atomic mass is 9.81. The zero-order valence-corrected chi connectivity index (χ0v) is 8.40. The van der Waals surface area contributed by atoms with Gasteiger partial charge < -0.3 is 5.32 Å². The van der Waals surface area contributed by atoms with Crippen LogP contribution in [0.4, 0.5) is 0 Å². The zero-order chi connectivity index (χ0) is 8.60. The van der Waals surface area contributed by atoms with E-state index in [-0.39, 0.29) is 0 Å². The predicted molar refractivity (Wildman–Crippen MR) is 52.1 cm³/mol. The van der Waals surface area contributed by atoms with Gasteiger partial charge in [-0.2, -0.15) is 0 Å². The molecule has 0 atom stereocenters. The Morgan fingerprint density at radius 2 is 2.00 bits per heavy atom. The van der Waals surface area contributed by atoms with Crippen molar-refractivity contribution in [1.82, 2.24) is 5.32 Å². The molecule has 1 N–H and O–H groups in total. The smallest absolute Gasteiger partial charge is 0.00723 e. The summed E-state index contributed by atoms with van der Waals surface area (Å²) < 4.78 is 0. The lowest BCUT2D eigenvalue weighted by Crippen LogP contribution is -2.42. The van der Waals surface area contributed by atoms with Gasteiger partial charge in [-0.15, -0.1) is 0 Å². The largest absolute Gasteiger partial charge is 0.313 e. The highest BCUT2D eigenvalue weighted by molar-refractivity contribution is 4.95. The molecule has 0 aromatic carbocycles. The molecule has 1 heteroatoms. The van der Waals surface area contributed by atoms with Crippen LogP contribution >= 0.6 is 0 Å². The second-order valence-corrected chi connectivity index (χ2v) is 5.01. The van der Waals surface area contributed by atoms with Crippen LogP contribution in [-0.2, 0) is 0 Å². The normalized spacial score (nSPS) is 37.5. The van der Waals surface area contributed by atoms with Crippen LogP contribution in [0.1, 0.15) is 46.0 Å². The number of rotatable bonds is 4. The molecule has 0 aliphatic heterocycles. The van der Waals surface area contributed by atoms with Crippen molar-refractivity contribution in [2.75, 3.05) is 6.54 Å². The van der Waals surface area contributed by atoms with Crippen molar-refractivity contribution in [3.8, 4) is 0 Å². The molecule has 2 aliphatic rings. The summed E-state index contributed by atoms with van der Waals surface area (Å²) >= 11 is 0. The molecule has 0 amide bonds. The van der Waals surface area contributed by atoms with E-state index in [0.29, 0.717) is 0 Å². The third-order valence-corrected chi connectivity index (χ3v) is 3.85. The third kappa shape index (κ3) is 1.66. The minimum Gasteiger partial charge on any atom is -0.313 e. The fourth-order valence-corrected chi connectivity index (χ4v) is 2.26. The first-order chi connectivity index (χ1) is 5.74. The van der Waals surface area contributed by atoms with E-state index >= 15 is 0 Å². The summed E-state index contributed by atoms with van der Waals surface area (Å²) in [6.07, 6.45) is 7.15. The van der Waals surface area contributed by atoms with E-state index in [1.807, 2.05) is 0 Å². The van der Waals surface area contributed by atoms with Crippen molar-refractivity contribution < 1.29 is 0 Å². The molecule has 2 saturated carbocycles. The van der Waals surface area contributed by atoms with E-state index in [4.69, 9.17) is 0 Å². The second-order valence-electron chi connectivity index (χ2n) is 5.01. The maximum Gasteiger partial charge on any atom is 0.00723 e. The summed E-state index contributed by atoms with van der Waals surface area (Å²) in [7, 11) is 0. The molecule has 0 saturated heterocycles. The molecule has 2 aliphatic carbocycles. The standard InChI is InChI=1S/C11H21N/c1-3-11(4-5-11)8-12-10-6-9(2)7-10/h9-10,12H,3-8H2,1-2H3. The van der Waals surface area contributed by atoms with E-state index in [2.05, 4.69) is 19.2 Å². The molecular weight excluding hydrogens is 146 g/mol. The highest BCUT2D eigenvalue weighted by Crippen LogP contribution is 2.48. The van der Waals surface area contributed by atoms with E-state index in [1.165, 1.54) is 38.6 Å². The van der Waals surface area contributed by atoms with Gasteiger partial charge in [-0.1, -0.05) is 13.8 Å². The molecule has 0 unspecified atom stereocenters. The Hall–Kier alpha value is -0.0400. The molecule has 2 fully saturated rings. The Bertz CT molecular complexity index is 154. The first-order valence-electron chi connectivity index (χ1n) is 5.47. The van der Waals surface area contributed by atoms with Crippen LogP contribution in [0, 0.1) is 11.3 Å². The molecule has 0 bridgehead atoms. The third-order valence-electron chi connectivity index (χ3n) is 3.85. The van der Waals surface area contributed by atoms with Crippen molar-refractivity contribution in [1.29, 1.82) is 0 Å². The SMILES string of the molecule is CCC1(CNC2CC(C)C2)CC1. The predicted octanol–water partition coefficient (Wildman–Crippen LogP) is 2.56. The zero-order valence-electron chi connectivity index (χ0n) is 8.40. The van der Waals surface area contributed by atoms with Crippen LogP contribution in [0.5, 0.6) is 0 Å². The lowest BCUT2D eigenvalue weighted by Gasteiger charge is -2.34. The summed E-state index contributed by atoms with van der Waals surface area (Å²) in [4.78, 5) is 0. The topological polar surface area (TPSA) is 12.0 Å². The van der Waals surface area contributed by atoms with Crippen LogP contribution in [-0.4, -0.2) is 12.6 Å². The maximum absolute atomic E-state index is 3.70. The Labute approximate surface area is 75.9 Å². The first-order valence-corrected chi connectivity index (χ1v) is 5.47. The summed E-state index contributed by atoms with van der Waals surface area (Å²) in [5.74, 6) is 0.985. The molecule has 0 aromatic heterocycles. The van der Waals surface area contributed by atoms with E-state index < -0.39 is 0 Å². The van der Waals surface area contributed by atoms with Gasteiger partial charge in [0.25, 0.3) is 0 Å². The summed E-state index contributed by atoms with van der Waals surface area (Å²) in [5, 5.41) is 3.70. The summed E-state index contributed by atoms with van der Waals surface area (Å²) in [6, 6.07) is 0.865. The summed E-state index contributed by atoms with van der Waals surface area (Å²) in [6.45, 7) is 5.98.